The highest BCUT2D eigenvalue weighted by Crippen LogP contribution is 2.19. The van der Waals surface area contributed by atoms with Gasteiger partial charge in [0.2, 0.25) is 5.91 Å². The maximum Gasteiger partial charge on any atom is 0.305 e. The summed E-state index contributed by atoms with van der Waals surface area (Å²) in [6.45, 7) is 4.93. The molecule has 0 aromatic rings. The lowest BCUT2D eigenvalue weighted by Gasteiger charge is -2.20. The van der Waals surface area contributed by atoms with Crippen molar-refractivity contribution in [1.29, 1.82) is 0 Å². The van der Waals surface area contributed by atoms with E-state index in [-0.39, 0.29) is 18.5 Å². The van der Waals surface area contributed by atoms with Gasteiger partial charge in [-0.3, -0.25) is 9.59 Å². The molecule has 0 rings (SSSR count). The first kappa shape index (κ1) is 79.1. The molecule has 0 aromatic carbocycles. The number of unbranched alkanes of at least 4 members (excludes halogenated alkanes) is 54. The summed E-state index contributed by atoms with van der Waals surface area (Å²) in [4.78, 5) is 24.6. The largest absolute Gasteiger partial charge is 0.466 e. The Labute approximate surface area is 506 Å². The third kappa shape index (κ3) is 67.1. The zero-order valence-electron chi connectivity index (χ0n) is 54.8. The summed E-state index contributed by atoms with van der Waals surface area (Å²) in [6, 6.07) is -0.629. The van der Waals surface area contributed by atoms with Gasteiger partial charge in [-0.1, -0.05) is 346 Å². The molecule has 6 nitrogen and oxygen atoms in total. The molecule has 2 atom stereocenters. The van der Waals surface area contributed by atoms with E-state index in [0.717, 1.165) is 44.9 Å². The molecule has 0 aliphatic heterocycles. The van der Waals surface area contributed by atoms with Crippen LogP contribution >= 0.6 is 0 Å². The standard InChI is InChI=1S/C75H143NO5/c1-3-5-7-9-11-13-15-17-19-20-21-30-33-36-40-43-47-51-55-59-63-67-73(78)72(71-77)76-74(79)68-64-60-56-52-48-44-41-37-34-31-28-26-24-22-23-25-27-29-32-35-38-42-46-50-54-58-62-66-70-81-75(80)69-65-61-57-53-49-45-39-18-16-14-12-10-8-6-4-2/h18,22-23,39,63,67,72-73,77-78H,3-17,19-21,24-38,40-62,64-66,68-71H2,1-2H3,(H,76,79)/b23-22-,39-18-,67-63+. The number of allylic oxidation sites excluding steroid dienone is 5. The number of carbonyl (C=O) groups is 2. The molecule has 1 amide bonds. The molecule has 0 aromatic heterocycles. The van der Waals surface area contributed by atoms with Gasteiger partial charge in [0.05, 0.1) is 25.4 Å². The smallest absolute Gasteiger partial charge is 0.305 e. The molecule has 0 bridgehead atoms. The number of rotatable bonds is 69. The van der Waals surface area contributed by atoms with E-state index in [1.165, 1.54) is 334 Å². The summed E-state index contributed by atoms with van der Waals surface area (Å²) < 4.78 is 5.49. The molecule has 0 spiro atoms. The Kier molecular flexibility index (Phi) is 68.9. The van der Waals surface area contributed by atoms with Crippen LogP contribution in [0.15, 0.2) is 36.5 Å². The molecular formula is C75H143NO5. The van der Waals surface area contributed by atoms with E-state index >= 15 is 0 Å². The highest BCUT2D eigenvalue weighted by atomic mass is 16.5. The quantitative estimate of drug-likeness (QED) is 0.0320. The summed E-state index contributed by atoms with van der Waals surface area (Å²) in [5.74, 6) is -0.0560. The molecule has 0 aliphatic rings. The maximum atomic E-state index is 12.5. The minimum atomic E-state index is -0.846. The molecule has 0 fully saturated rings. The lowest BCUT2D eigenvalue weighted by Crippen LogP contribution is -2.45. The zero-order chi connectivity index (χ0) is 58.5. The Morgan fingerprint density at radius 2 is 0.580 bits per heavy atom. The number of aliphatic hydroxyl groups excluding tert-OH is 2. The first-order valence-corrected chi connectivity index (χ1v) is 36.8. The van der Waals surface area contributed by atoms with Gasteiger partial charge in [-0.2, -0.15) is 0 Å². The van der Waals surface area contributed by atoms with Gasteiger partial charge in [0.15, 0.2) is 0 Å². The van der Waals surface area contributed by atoms with Crippen LogP contribution in [-0.2, 0) is 14.3 Å². The summed E-state index contributed by atoms with van der Waals surface area (Å²) >= 11 is 0. The zero-order valence-corrected chi connectivity index (χ0v) is 54.8. The SMILES string of the molecule is CCCCCCCC/C=C\CCCCCCCC(=O)OCCCCCCCCCCCCCC/C=C\CCCCCCCCCCCCCCC(=O)NC(CO)C(O)/C=C/CCCCCCCCCCCCCCCCCCCCC. The Hall–Kier alpha value is -1.92. The molecule has 6 heteroatoms. The predicted molar refractivity (Wildman–Crippen MR) is 356 cm³/mol. The molecule has 478 valence electrons. The van der Waals surface area contributed by atoms with Crippen molar-refractivity contribution in [3.63, 3.8) is 0 Å². The molecule has 0 aliphatic carbocycles. The van der Waals surface area contributed by atoms with Crippen LogP contribution in [0, 0.1) is 0 Å². The number of hydrogen-bond acceptors (Lipinski definition) is 5. The molecule has 0 radical (unpaired) electrons. The topological polar surface area (TPSA) is 95.9 Å². The first-order valence-electron chi connectivity index (χ1n) is 36.8. The van der Waals surface area contributed by atoms with Gasteiger partial charge in [-0.25, -0.2) is 0 Å². The van der Waals surface area contributed by atoms with Crippen molar-refractivity contribution >= 4 is 11.9 Å². The minimum Gasteiger partial charge on any atom is -0.466 e. The predicted octanol–water partition coefficient (Wildman–Crippen LogP) is 23.9. The van der Waals surface area contributed by atoms with Gasteiger partial charge in [0.25, 0.3) is 0 Å². The van der Waals surface area contributed by atoms with Crippen molar-refractivity contribution < 1.29 is 24.5 Å². The third-order valence-corrected chi connectivity index (χ3v) is 17.1. The van der Waals surface area contributed by atoms with Gasteiger partial charge < -0.3 is 20.3 Å². The van der Waals surface area contributed by atoms with Crippen molar-refractivity contribution in [2.45, 2.75) is 418 Å². The van der Waals surface area contributed by atoms with Gasteiger partial charge in [-0.05, 0) is 83.5 Å². The average Bonchev–Trinajstić information content (AvgIpc) is 3.47. The summed E-state index contributed by atoms with van der Waals surface area (Å²) in [7, 11) is 0. The van der Waals surface area contributed by atoms with E-state index < -0.39 is 12.1 Å². The lowest BCUT2D eigenvalue weighted by molar-refractivity contribution is -0.143. The summed E-state index contributed by atoms with van der Waals surface area (Å²) in [5.41, 5.74) is 0. The third-order valence-electron chi connectivity index (χ3n) is 17.1. The number of nitrogens with one attached hydrogen (secondary N) is 1. The second kappa shape index (κ2) is 70.6. The van der Waals surface area contributed by atoms with Crippen LogP contribution in [0.2, 0.25) is 0 Å². The average molecular weight is 1140 g/mol. The summed E-state index contributed by atoms with van der Waals surface area (Å²) in [6.07, 6.45) is 90.9. The van der Waals surface area contributed by atoms with Gasteiger partial charge >= 0.3 is 5.97 Å². The molecule has 3 N–H and O–H groups in total. The van der Waals surface area contributed by atoms with E-state index in [1.807, 2.05) is 6.08 Å². The monoisotopic (exact) mass is 1140 g/mol. The lowest BCUT2D eigenvalue weighted by atomic mass is 10.0. The second-order valence-electron chi connectivity index (χ2n) is 25.3. The van der Waals surface area contributed by atoms with Crippen molar-refractivity contribution in [2.75, 3.05) is 13.2 Å². The van der Waals surface area contributed by atoms with Crippen LogP contribution in [0.3, 0.4) is 0 Å². The van der Waals surface area contributed by atoms with E-state index in [4.69, 9.17) is 4.74 Å². The van der Waals surface area contributed by atoms with Crippen molar-refractivity contribution in [1.82, 2.24) is 5.32 Å². The molecular weight excluding hydrogens is 995 g/mol. The van der Waals surface area contributed by atoms with Gasteiger partial charge in [-0.15, -0.1) is 0 Å². The normalized spacial score (nSPS) is 12.7. The van der Waals surface area contributed by atoms with Crippen molar-refractivity contribution in [2.24, 2.45) is 0 Å². The number of ether oxygens (including phenoxy) is 1. The molecule has 2 unspecified atom stereocenters. The van der Waals surface area contributed by atoms with Crippen LogP contribution in [0.1, 0.15) is 406 Å². The fourth-order valence-corrected chi connectivity index (χ4v) is 11.5. The van der Waals surface area contributed by atoms with Crippen LogP contribution in [-0.4, -0.2) is 47.4 Å². The van der Waals surface area contributed by atoms with Crippen LogP contribution in [0.5, 0.6) is 0 Å². The Balaban J connectivity index is 3.40. The van der Waals surface area contributed by atoms with E-state index in [1.54, 1.807) is 6.08 Å². The maximum absolute atomic E-state index is 12.5. The number of esters is 1. The fraction of sp³-hybridized carbons (Fsp3) is 0.893. The second-order valence-corrected chi connectivity index (χ2v) is 25.3. The van der Waals surface area contributed by atoms with Gasteiger partial charge in [0.1, 0.15) is 0 Å². The fourth-order valence-electron chi connectivity index (χ4n) is 11.5. The molecule has 0 saturated carbocycles. The summed E-state index contributed by atoms with van der Waals surface area (Å²) in [5, 5.41) is 23.3. The number of amides is 1. The Morgan fingerprint density at radius 1 is 0.333 bits per heavy atom. The highest BCUT2D eigenvalue weighted by molar-refractivity contribution is 5.76. The van der Waals surface area contributed by atoms with Gasteiger partial charge in [0, 0.05) is 12.8 Å². The molecule has 0 heterocycles. The Bertz CT molecular complexity index is 1310. The Morgan fingerprint density at radius 3 is 0.877 bits per heavy atom. The highest BCUT2D eigenvalue weighted by Gasteiger charge is 2.18. The molecule has 81 heavy (non-hydrogen) atoms. The number of carbonyl (C=O) groups excluding carboxylic acids is 2. The van der Waals surface area contributed by atoms with E-state index in [2.05, 4.69) is 43.5 Å². The van der Waals surface area contributed by atoms with Crippen molar-refractivity contribution in [3.05, 3.63) is 36.5 Å². The van der Waals surface area contributed by atoms with E-state index in [9.17, 15) is 19.8 Å². The minimum absolute atomic E-state index is 0.00809. The number of aliphatic hydroxyl groups is 2. The van der Waals surface area contributed by atoms with E-state index in [0.29, 0.717) is 19.4 Å². The van der Waals surface area contributed by atoms with Crippen molar-refractivity contribution in [3.8, 4) is 0 Å². The van der Waals surface area contributed by atoms with Crippen LogP contribution in [0.4, 0.5) is 0 Å². The first-order chi connectivity index (χ1) is 40.0. The number of hydrogen-bond donors (Lipinski definition) is 3. The van der Waals surface area contributed by atoms with Crippen LogP contribution in [0.25, 0.3) is 0 Å². The molecule has 0 saturated heterocycles. The van der Waals surface area contributed by atoms with Crippen LogP contribution < -0.4 is 5.32 Å².